The zero-order valence-electron chi connectivity index (χ0n) is 15.6. The van der Waals surface area contributed by atoms with Crippen LogP contribution in [0.1, 0.15) is 17.4 Å². The van der Waals surface area contributed by atoms with Crippen LogP contribution >= 0.6 is 0 Å². The average Bonchev–Trinajstić information content (AvgIpc) is 2.96. The first-order chi connectivity index (χ1) is 14.5. The van der Waals surface area contributed by atoms with E-state index in [9.17, 15) is 41.8 Å². The summed E-state index contributed by atoms with van der Waals surface area (Å²) in [5.41, 5.74) is -4.94. The van der Waals surface area contributed by atoms with Crippen LogP contribution in [0.3, 0.4) is 0 Å². The normalized spacial score (nSPS) is 24.0. The lowest BCUT2D eigenvalue weighted by molar-refractivity contribution is -0.140. The van der Waals surface area contributed by atoms with Gasteiger partial charge in [0.1, 0.15) is 35.5 Å². The summed E-state index contributed by atoms with van der Waals surface area (Å²) in [5, 5.41) is 29.0. The fourth-order valence-electron chi connectivity index (χ4n) is 3.26. The topological polar surface area (TPSA) is 114 Å². The summed E-state index contributed by atoms with van der Waals surface area (Å²) in [4.78, 5) is 25.0. The number of ether oxygens (including phenoxy) is 1. The molecule has 3 rings (SSSR count). The molecule has 2 heterocycles. The number of hydrogen-bond donors (Lipinski definition) is 3. The number of aromatic nitrogens is 2. The third-order valence-corrected chi connectivity index (χ3v) is 4.91. The monoisotopic (exact) mass is 452 g/mol. The molecule has 3 N–H and O–H groups in total. The number of aryl methyl sites for hydroxylation is 1. The van der Waals surface area contributed by atoms with Crippen molar-refractivity contribution in [1.82, 2.24) is 9.13 Å². The summed E-state index contributed by atoms with van der Waals surface area (Å²) in [6.45, 7) is -1.49. The Morgan fingerprint density at radius 1 is 1.10 bits per heavy atom. The molecule has 0 amide bonds. The van der Waals surface area contributed by atoms with Crippen LogP contribution in [0.15, 0.2) is 34.0 Å². The second-order valence-electron chi connectivity index (χ2n) is 6.90. The van der Waals surface area contributed by atoms with Gasteiger partial charge in [0, 0.05) is 18.8 Å². The van der Waals surface area contributed by atoms with Crippen LogP contribution in [0.2, 0.25) is 0 Å². The minimum atomic E-state index is -5.19. The number of rotatable bonds is 5. The van der Waals surface area contributed by atoms with Gasteiger partial charge in [-0.25, -0.2) is 13.6 Å². The van der Waals surface area contributed by atoms with Gasteiger partial charge >= 0.3 is 11.9 Å². The highest BCUT2D eigenvalue weighted by molar-refractivity contribution is 5.19. The summed E-state index contributed by atoms with van der Waals surface area (Å²) in [6.07, 6.45) is -12.2. The van der Waals surface area contributed by atoms with Crippen LogP contribution in [0.4, 0.5) is 22.0 Å². The lowest BCUT2D eigenvalue weighted by Crippen LogP contribution is -2.46. The van der Waals surface area contributed by atoms with Crippen LogP contribution in [0, 0.1) is 11.6 Å². The Kier molecular flexibility index (Phi) is 6.32. The minimum Gasteiger partial charge on any atom is -0.394 e. The Bertz CT molecular complexity index is 1080. The molecule has 1 aliphatic rings. The van der Waals surface area contributed by atoms with Crippen LogP contribution < -0.4 is 11.2 Å². The van der Waals surface area contributed by atoms with Crippen molar-refractivity contribution in [2.45, 2.75) is 43.7 Å². The molecular formula is C18H17F5N2O6. The first-order valence-electron chi connectivity index (χ1n) is 8.95. The zero-order valence-corrected chi connectivity index (χ0v) is 15.6. The lowest BCUT2D eigenvalue weighted by atomic mass is 10.1. The van der Waals surface area contributed by atoms with Gasteiger partial charge in [0.05, 0.1) is 6.61 Å². The molecule has 0 bridgehead atoms. The molecule has 0 radical (unpaired) electrons. The molecular weight excluding hydrogens is 435 g/mol. The Labute approximate surface area is 170 Å². The minimum absolute atomic E-state index is 0.149. The summed E-state index contributed by atoms with van der Waals surface area (Å²) < 4.78 is 72.6. The van der Waals surface area contributed by atoms with E-state index in [1.807, 2.05) is 0 Å². The Morgan fingerprint density at radius 3 is 2.32 bits per heavy atom. The summed E-state index contributed by atoms with van der Waals surface area (Å²) in [6, 6.07) is 2.47. The SMILES string of the molecule is O=c1c(C(F)(F)F)cn([C@@H]2O[C@H](CO)[C@H](O)[C@@H]2O)c(=O)n1CCc1ccc(F)cc1F. The van der Waals surface area contributed by atoms with Crippen molar-refractivity contribution >= 4 is 0 Å². The van der Waals surface area contributed by atoms with Gasteiger partial charge in [-0.15, -0.1) is 0 Å². The van der Waals surface area contributed by atoms with Gasteiger partial charge in [-0.1, -0.05) is 6.07 Å². The largest absolute Gasteiger partial charge is 0.423 e. The third-order valence-electron chi connectivity index (χ3n) is 4.91. The summed E-state index contributed by atoms with van der Waals surface area (Å²) >= 11 is 0. The van der Waals surface area contributed by atoms with Gasteiger partial charge in [-0.3, -0.25) is 13.9 Å². The molecule has 1 aliphatic heterocycles. The van der Waals surface area contributed by atoms with E-state index >= 15 is 0 Å². The number of benzene rings is 1. The summed E-state index contributed by atoms with van der Waals surface area (Å²) in [5.74, 6) is -1.90. The molecule has 1 aromatic carbocycles. The van der Waals surface area contributed by atoms with Crippen LogP contribution in [-0.2, 0) is 23.9 Å². The highest BCUT2D eigenvalue weighted by atomic mass is 19.4. The fraction of sp³-hybridized carbons (Fsp3) is 0.444. The third kappa shape index (κ3) is 4.39. The van der Waals surface area contributed by atoms with Gasteiger partial charge in [0.25, 0.3) is 5.56 Å². The van der Waals surface area contributed by atoms with E-state index in [1.165, 1.54) is 0 Å². The number of nitrogens with zero attached hydrogens (tertiary/aromatic N) is 2. The number of aliphatic hydroxyl groups is 3. The van der Waals surface area contributed by atoms with Gasteiger partial charge in [0.15, 0.2) is 6.23 Å². The first kappa shape index (κ1) is 23.1. The second-order valence-corrected chi connectivity index (χ2v) is 6.90. The molecule has 0 aliphatic carbocycles. The molecule has 0 unspecified atom stereocenters. The molecule has 1 fully saturated rings. The fourth-order valence-corrected chi connectivity index (χ4v) is 3.26. The Balaban J connectivity index is 2.07. The molecule has 1 aromatic heterocycles. The van der Waals surface area contributed by atoms with Gasteiger partial charge in [-0.2, -0.15) is 13.2 Å². The van der Waals surface area contributed by atoms with E-state index in [2.05, 4.69) is 0 Å². The number of hydrogen-bond acceptors (Lipinski definition) is 6. The zero-order chi connectivity index (χ0) is 23.1. The number of halogens is 5. The van der Waals surface area contributed by atoms with Crippen molar-refractivity contribution in [2.24, 2.45) is 0 Å². The van der Waals surface area contributed by atoms with Gasteiger partial charge < -0.3 is 20.1 Å². The maximum atomic E-state index is 13.8. The standard InChI is InChI=1S/C18H17F5N2O6/c19-9-2-1-8(11(20)5-9)3-4-24-15(29)10(18(21,22)23)6-25(17(24)30)16-14(28)13(27)12(7-26)31-16/h1-2,5-6,12-14,16,26-28H,3-4,7H2/t12-,13+,14+,16-/m1/s1. The van der Waals surface area contributed by atoms with Gasteiger partial charge in [-0.05, 0) is 18.1 Å². The highest BCUT2D eigenvalue weighted by Gasteiger charge is 2.45. The molecule has 31 heavy (non-hydrogen) atoms. The Morgan fingerprint density at radius 2 is 1.77 bits per heavy atom. The quantitative estimate of drug-likeness (QED) is 0.558. The van der Waals surface area contributed by atoms with Crippen molar-refractivity contribution in [3.8, 4) is 0 Å². The summed E-state index contributed by atoms with van der Waals surface area (Å²) in [7, 11) is 0. The molecule has 170 valence electrons. The van der Waals surface area contributed by atoms with Crippen molar-refractivity contribution in [1.29, 1.82) is 0 Å². The molecule has 4 atom stereocenters. The van der Waals surface area contributed by atoms with E-state index in [-0.39, 0.29) is 20.9 Å². The lowest BCUT2D eigenvalue weighted by Gasteiger charge is -2.21. The Hall–Kier alpha value is -2.61. The van der Waals surface area contributed by atoms with Crippen LogP contribution in [0.25, 0.3) is 0 Å². The second kappa shape index (κ2) is 8.49. The van der Waals surface area contributed by atoms with Crippen molar-refractivity contribution in [2.75, 3.05) is 6.61 Å². The average molecular weight is 452 g/mol. The highest BCUT2D eigenvalue weighted by Crippen LogP contribution is 2.30. The van der Waals surface area contributed by atoms with E-state index in [0.29, 0.717) is 6.07 Å². The van der Waals surface area contributed by atoms with Crippen LogP contribution in [-0.4, -0.2) is 49.4 Å². The smallest absolute Gasteiger partial charge is 0.394 e. The molecule has 2 aromatic rings. The van der Waals surface area contributed by atoms with E-state index in [4.69, 9.17) is 9.84 Å². The van der Waals surface area contributed by atoms with Crippen molar-refractivity contribution < 1.29 is 42.0 Å². The van der Waals surface area contributed by atoms with E-state index < -0.39 is 78.7 Å². The molecule has 0 spiro atoms. The number of alkyl halides is 3. The van der Waals surface area contributed by atoms with Crippen LogP contribution in [0.5, 0.6) is 0 Å². The van der Waals surface area contributed by atoms with E-state index in [1.54, 1.807) is 0 Å². The molecule has 0 saturated carbocycles. The predicted molar refractivity (Wildman–Crippen MR) is 93.0 cm³/mol. The molecule has 13 heteroatoms. The van der Waals surface area contributed by atoms with Gasteiger partial charge in [0.2, 0.25) is 0 Å². The molecule has 1 saturated heterocycles. The predicted octanol–water partition coefficient (Wildman–Crippen LogP) is 0.161. The van der Waals surface area contributed by atoms with Crippen molar-refractivity contribution in [3.05, 3.63) is 68.0 Å². The number of aliphatic hydroxyl groups excluding tert-OH is 3. The molecule has 8 nitrogen and oxygen atoms in total. The van der Waals surface area contributed by atoms with E-state index in [0.717, 1.165) is 12.1 Å². The first-order valence-corrected chi connectivity index (χ1v) is 8.95. The maximum Gasteiger partial charge on any atom is 0.423 e. The van der Waals surface area contributed by atoms with Crippen molar-refractivity contribution in [3.63, 3.8) is 0 Å². The maximum absolute atomic E-state index is 13.8.